The van der Waals surface area contributed by atoms with E-state index in [0.717, 1.165) is 12.1 Å². The largest absolute Gasteiger partial charge is 0.416 e. The molecule has 0 bridgehead atoms. The van der Waals surface area contributed by atoms with E-state index in [-0.39, 0.29) is 17.1 Å². The number of halogens is 3. The minimum Gasteiger partial charge on any atom is -0.304 e. The van der Waals surface area contributed by atoms with E-state index in [1.165, 1.54) is 17.8 Å². The van der Waals surface area contributed by atoms with E-state index in [9.17, 15) is 18.0 Å². The molecule has 0 aliphatic carbocycles. The number of carbonyl (C=O) groups is 1. The highest BCUT2D eigenvalue weighted by Crippen LogP contribution is 2.32. The molecule has 0 spiro atoms. The zero-order chi connectivity index (χ0) is 16.5. The van der Waals surface area contributed by atoms with Crippen LogP contribution < -0.4 is 5.32 Å². The van der Waals surface area contributed by atoms with Crippen LogP contribution in [0.5, 0.6) is 0 Å². The van der Waals surface area contributed by atoms with Gasteiger partial charge >= 0.3 is 6.18 Å². The van der Waals surface area contributed by atoms with Crippen molar-refractivity contribution in [3.05, 3.63) is 35.4 Å². The van der Waals surface area contributed by atoms with Gasteiger partial charge in [-0.05, 0) is 30.5 Å². The molecule has 1 aromatic carbocycles. The molecule has 1 N–H and O–H groups in total. The Balaban J connectivity index is 2.18. The van der Waals surface area contributed by atoms with Crippen molar-refractivity contribution in [1.29, 1.82) is 0 Å². The number of thioether (sulfide) groups is 1. The zero-order valence-electron chi connectivity index (χ0n) is 12.4. The van der Waals surface area contributed by atoms with Gasteiger partial charge < -0.3 is 5.32 Å². The summed E-state index contributed by atoms with van der Waals surface area (Å²) in [5.41, 5.74) is -0.231. The fourth-order valence-corrected chi connectivity index (χ4v) is 3.16. The number of amidine groups is 1. The average Bonchev–Trinajstić information content (AvgIpc) is 2.79. The highest BCUT2D eigenvalue weighted by molar-refractivity contribution is 8.15. The standard InChI is InChI=1S/C15H17F3N2OS/c1-8(2)12-13(21)20-14(22-12)19-9(3)10-5-4-6-11(7-10)15(16,17)18/h4-9,12H,1-3H3,(H,19,20,21)/t9-,12-/m0/s1. The molecule has 0 aromatic heterocycles. The van der Waals surface area contributed by atoms with Crippen molar-refractivity contribution in [3.63, 3.8) is 0 Å². The summed E-state index contributed by atoms with van der Waals surface area (Å²) in [6.45, 7) is 5.59. The van der Waals surface area contributed by atoms with Gasteiger partial charge in [-0.25, -0.2) is 0 Å². The third-order valence-electron chi connectivity index (χ3n) is 3.34. The molecule has 7 heteroatoms. The molecule has 1 heterocycles. The third kappa shape index (κ3) is 3.82. The Morgan fingerprint density at radius 2 is 1.95 bits per heavy atom. The molecule has 1 aliphatic rings. The lowest BCUT2D eigenvalue weighted by Gasteiger charge is -2.12. The Hall–Kier alpha value is -1.50. The van der Waals surface area contributed by atoms with Crippen LogP contribution in [0.4, 0.5) is 13.2 Å². The number of hydrogen-bond donors (Lipinski definition) is 1. The Bertz CT molecular complexity index is 599. The summed E-state index contributed by atoms with van der Waals surface area (Å²) in [7, 11) is 0. The van der Waals surface area contributed by atoms with Crippen molar-refractivity contribution >= 4 is 22.8 Å². The predicted molar refractivity (Wildman–Crippen MR) is 81.7 cm³/mol. The van der Waals surface area contributed by atoms with E-state index < -0.39 is 17.8 Å². The van der Waals surface area contributed by atoms with E-state index in [4.69, 9.17) is 0 Å². The highest BCUT2D eigenvalue weighted by atomic mass is 32.2. The molecular weight excluding hydrogens is 313 g/mol. The summed E-state index contributed by atoms with van der Waals surface area (Å²) in [6, 6.07) is 4.63. The lowest BCUT2D eigenvalue weighted by Crippen LogP contribution is -2.27. The maximum atomic E-state index is 12.7. The monoisotopic (exact) mass is 330 g/mol. The Labute approximate surface area is 131 Å². The van der Waals surface area contributed by atoms with Crippen LogP contribution >= 0.6 is 11.8 Å². The van der Waals surface area contributed by atoms with E-state index in [1.807, 2.05) is 13.8 Å². The Morgan fingerprint density at radius 1 is 1.27 bits per heavy atom. The van der Waals surface area contributed by atoms with Crippen LogP contribution in [0.1, 0.15) is 37.9 Å². The van der Waals surface area contributed by atoms with Crippen LogP contribution in [0, 0.1) is 5.92 Å². The smallest absolute Gasteiger partial charge is 0.304 e. The number of aliphatic imine (C=N–C) groups is 1. The molecule has 0 radical (unpaired) electrons. The van der Waals surface area contributed by atoms with Gasteiger partial charge in [-0.1, -0.05) is 37.7 Å². The summed E-state index contributed by atoms with van der Waals surface area (Å²) in [6.07, 6.45) is -4.37. The molecule has 120 valence electrons. The lowest BCUT2D eigenvalue weighted by atomic mass is 10.1. The van der Waals surface area contributed by atoms with Crippen molar-refractivity contribution in [3.8, 4) is 0 Å². The van der Waals surface area contributed by atoms with Crippen molar-refractivity contribution < 1.29 is 18.0 Å². The van der Waals surface area contributed by atoms with Crippen LogP contribution in [0.15, 0.2) is 29.3 Å². The summed E-state index contributed by atoms with van der Waals surface area (Å²) in [5, 5.41) is 2.95. The highest BCUT2D eigenvalue weighted by Gasteiger charge is 2.33. The molecule has 1 amide bonds. The molecule has 2 atom stereocenters. The van der Waals surface area contributed by atoms with E-state index in [2.05, 4.69) is 10.3 Å². The summed E-state index contributed by atoms with van der Waals surface area (Å²) >= 11 is 1.33. The van der Waals surface area contributed by atoms with Crippen molar-refractivity contribution in [2.24, 2.45) is 10.9 Å². The summed E-state index contributed by atoms with van der Waals surface area (Å²) < 4.78 is 38.2. The minimum atomic E-state index is -4.37. The molecule has 0 unspecified atom stereocenters. The Morgan fingerprint density at radius 3 is 2.50 bits per heavy atom. The van der Waals surface area contributed by atoms with Gasteiger partial charge in [0, 0.05) is 0 Å². The van der Waals surface area contributed by atoms with E-state index >= 15 is 0 Å². The van der Waals surface area contributed by atoms with Crippen LogP contribution in [0.3, 0.4) is 0 Å². The van der Waals surface area contributed by atoms with Gasteiger partial charge in [-0.2, -0.15) is 13.2 Å². The van der Waals surface area contributed by atoms with Crippen LogP contribution in [-0.2, 0) is 11.0 Å². The fraction of sp³-hybridized carbons (Fsp3) is 0.467. The number of carbonyl (C=O) groups excluding carboxylic acids is 1. The summed E-state index contributed by atoms with van der Waals surface area (Å²) in [4.78, 5) is 16.1. The molecule has 22 heavy (non-hydrogen) atoms. The molecular formula is C15H17F3N2OS. The van der Waals surface area contributed by atoms with Crippen LogP contribution in [0.2, 0.25) is 0 Å². The topological polar surface area (TPSA) is 41.5 Å². The normalized spacial score (nSPS) is 22.2. The van der Waals surface area contributed by atoms with Crippen LogP contribution in [0.25, 0.3) is 0 Å². The molecule has 1 aromatic rings. The number of nitrogens with zero attached hydrogens (tertiary/aromatic N) is 1. The third-order valence-corrected chi connectivity index (χ3v) is 4.78. The van der Waals surface area contributed by atoms with Gasteiger partial charge in [0.1, 0.15) is 0 Å². The van der Waals surface area contributed by atoms with E-state index in [0.29, 0.717) is 10.7 Å². The SMILES string of the molecule is CC(C)[C@@H]1SC(=N[C@@H](C)c2cccc(C(F)(F)F)c2)NC1=O. The second-order valence-corrected chi connectivity index (χ2v) is 6.64. The molecule has 1 fully saturated rings. The fourth-order valence-electron chi connectivity index (χ4n) is 2.11. The second kappa shape index (κ2) is 6.32. The van der Waals surface area contributed by atoms with Gasteiger partial charge in [0.2, 0.25) is 5.91 Å². The number of rotatable bonds is 3. The average molecular weight is 330 g/mol. The van der Waals surface area contributed by atoms with Crippen molar-refractivity contribution in [1.82, 2.24) is 5.32 Å². The maximum Gasteiger partial charge on any atom is 0.416 e. The predicted octanol–water partition coefficient (Wildman–Crippen LogP) is 4.01. The summed E-state index contributed by atoms with van der Waals surface area (Å²) in [5.74, 6) is 0.0663. The Kier molecular flexibility index (Phi) is 4.84. The molecule has 2 rings (SSSR count). The number of nitrogens with one attached hydrogen (secondary N) is 1. The second-order valence-electron chi connectivity index (χ2n) is 5.51. The molecule has 1 saturated heterocycles. The maximum absolute atomic E-state index is 12.7. The van der Waals surface area contributed by atoms with E-state index in [1.54, 1.807) is 13.0 Å². The van der Waals surface area contributed by atoms with Crippen molar-refractivity contribution in [2.45, 2.75) is 38.2 Å². The van der Waals surface area contributed by atoms with Gasteiger partial charge in [0.25, 0.3) is 0 Å². The number of alkyl halides is 3. The van der Waals surface area contributed by atoms with Gasteiger partial charge in [0.15, 0.2) is 5.17 Å². The van der Waals surface area contributed by atoms with Crippen molar-refractivity contribution in [2.75, 3.05) is 0 Å². The first-order valence-corrected chi connectivity index (χ1v) is 7.79. The number of benzene rings is 1. The quantitative estimate of drug-likeness (QED) is 0.910. The zero-order valence-corrected chi connectivity index (χ0v) is 13.3. The lowest BCUT2D eigenvalue weighted by molar-refractivity contribution is -0.137. The van der Waals surface area contributed by atoms with Gasteiger partial charge in [-0.15, -0.1) is 0 Å². The first-order valence-electron chi connectivity index (χ1n) is 6.91. The molecule has 1 aliphatic heterocycles. The van der Waals surface area contributed by atoms with Gasteiger partial charge in [-0.3, -0.25) is 9.79 Å². The first kappa shape index (κ1) is 16.9. The minimum absolute atomic E-state index is 0.102. The first-order chi connectivity index (χ1) is 10.2. The van der Waals surface area contributed by atoms with Crippen LogP contribution in [-0.4, -0.2) is 16.3 Å². The van der Waals surface area contributed by atoms with Gasteiger partial charge in [0.05, 0.1) is 16.9 Å². The number of hydrogen-bond acceptors (Lipinski definition) is 3. The molecule has 3 nitrogen and oxygen atoms in total. The molecule has 0 saturated carbocycles. The number of amides is 1.